The Morgan fingerprint density at radius 1 is 1.38 bits per heavy atom. The van der Waals surface area contributed by atoms with Gasteiger partial charge in [-0.2, -0.15) is 20.1 Å². The van der Waals surface area contributed by atoms with Crippen molar-refractivity contribution in [2.75, 3.05) is 20.1 Å². The van der Waals surface area contributed by atoms with E-state index in [2.05, 4.69) is 5.32 Å². The molecule has 0 rings (SSSR count). The Morgan fingerprint density at radius 3 is 1.75 bits per heavy atom. The standard InChI is InChI=1S/C3H8N2.Fe.2H2N/c1-5-3-2-4;;;/h4H,2-3H2,1H3;;2*1H2/q-2;+4;2*-1. The minimum atomic E-state index is 0. The second-order valence-corrected chi connectivity index (χ2v) is 0.790. The second kappa shape index (κ2) is 26.4. The number of likely N-dealkylation sites (N-methyl/N-ethyl adjacent to an activating group) is 1. The number of nitrogens with zero attached hydrogens (tertiary/aromatic N) is 1. The van der Waals surface area contributed by atoms with Gasteiger partial charge in [0.2, 0.25) is 0 Å². The first-order valence-corrected chi connectivity index (χ1v) is 1.62. The van der Waals surface area contributed by atoms with Crippen LogP contribution in [0.25, 0.3) is 23.4 Å². The molecule has 0 heterocycles. The fraction of sp³-hybridized carbons (Fsp3) is 1.00. The number of hydrogen-bond acceptors (Lipinski definition) is 0. The van der Waals surface area contributed by atoms with E-state index in [-0.39, 0.29) is 29.4 Å². The molecule has 0 aliphatic heterocycles. The average Bonchev–Trinajstić information content (AvgIpc) is 1.41. The average molecular weight is 160 g/mol. The van der Waals surface area contributed by atoms with Crippen LogP contribution in [0, 0.1) is 0 Å². The van der Waals surface area contributed by atoms with Crippen LogP contribution in [0.2, 0.25) is 0 Å². The molecule has 0 aromatic rings. The molecule has 0 radical (unpaired) electrons. The summed E-state index contributed by atoms with van der Waals surface area (Å²) in [6.07, 6.45) is 0. The van der Waals surface area contributed by atoms with Crippen molar-refractivity contribution in [1.82, 2.24) is 0 Å². The van der Waals surface area contributed by atoms with Crippen molar-refractivity contribution >= 4 is 0 Å². The molecule has 52 valence electrons. The Kier molecular flexibility index (Phi) is 78.5. The molecular formula is C3H12FeN4. The van der Waals surface area contributed by atoms with E-state index in [0.29, 0.717) is 13.1 Å². The molecule has 5 N–H and O–H groups in total. The van der Waals surface area contributed by atoms with Gasteiger partial charge < -0.3 is 23.4 Å². The summed E-state index contributed by atoms with van der Waals surface area (Å²) in [6, 6.07) is 0. The molecule has 0 unspecified atom stereocenters. The minimum Gasteiger partial charge on any atom is -0.693 e. The predicted molar refractivity (Wildman–Crippen MR) is 33.9 cm³/mol. The van der Waals surface area contributed by atoms with Crippen LogP contribution in [0.15, 0.2) is 0 Å². The van der Waals surface area contributed by atoms with Gasteiger partial charge in [0.1, 0.15) is 0 Å². The Morgan fingerprint density at radius 2 is 1.75 bits per heavy atom. The molecule has 4 nitrogen and oxygen atoms in total. The SMILES string of the molecule is C[N-]CC[NH-].[Fe+4].[NH2-].[NH2-]. The van der Waals surface area contributed by atoms with E-state index >= 15 is 0 Å². The van der Waals surface area contributed by atoms with Crippen molar-refractivity contribution in [2.45, 2.75) is 0 Å². The monoisotopic (exact) mass is 160 g/mol. The van der Waals surface area contributed by atoms with Gasteiger partial charge in [0.05, 0.1) is 0 Å². The molecule has 0 spiro atoms. The van der Waals surface area contributed by atoms with Crippen molar-refractivity contribution in [3.8, 4) is 0 Å². The Bertz CT molecular complexity index is 18.8. The quantitative estimate of drug-likeness (QED) is 0.553. The summed E-state index contributed by atoms with van der Waals surface area (Å²) in [7, 11) is 1.72. The molecule has 0 bridgehead atoms. The zero-order valence-electron chi connectivity index (χ0n) is 4.87. The Hall–Kier alpha value is 0.359. The first-order valence-electron chi connectivity index (χ1n) is 1.62. The van der Waals surface area contributed by atoms with Gasteiger partial charge >= 0.3 is 17.1 Å². The van der Waals surface area contributed by atoms with E-state index in [0.717, 1.165) is 0 Å². The third-order valence-electron chi connectivity index (χ3n) is 0.335. The summed E-state index contributed by atoms with van der Waals surface area (Å²) in [5, 5.41) is 3.67. The first kappa shape index (κ1) is 23.8. The third kappa shape index (κ3) is 32.8. The molecule has 8 heavy (non-hydrogen) atoms. The van der Waals surface area contributed by atoms with Crippen LogP contribution >= 0.6 is 0 Å². The van der Waals surface area contributed by atoms with E-state index in [1.54, 1.807) is 7.05 Å². The number of nitrogens with one attached hydrogen (secondary N) is 1. The van der Waals surface area contributed by atoms with E-state index in [1.807, 2.05) is 0 Å². The second-order valence-electron chi connectivity index (χ2n) is 0.790. The summed E-state index contributed by atoms with van der Waals surface area (Å²) in [5.41, 5.74) is 6.51. The summed E-state index contributed by atoms with van der Waals surface area (Å²) in [4.78, 5) is 0. The topological polar surface area (TPSA) is 105 Å². The van der Waals surface area contributed by atoms with E-state index in [9.17, 15) is 0 Å². The van der Waals surface area contributed by atoms with Crippen LogP contribution in [0.5, 0.6) is 0 Å². The fourth-order valence-corrected chi connectivity index (χ4v) is 0.112. The molecular weight excluding hydrogens is 148 g/mol. The van der Waals surface area contributed by atoms with Crippen LogP contribution in [0.1, 0.15) is 0 Å². The normalized spacial score (nSPS) is 5.25. The number of hydrogen-bond donors (Lipinski definition) is 0. The Labute approximate surface area is 61.2 Å². The maximum atomic E-state index is 6.51. The Balaban J connectivity index is -0.0000000267. The van der Waals surface area contributed by atoms with Crippen molar-refractivity contribution in [1.29, 1.82) is 0 Å². The number of rotatable bonds is 2. The van der Waals surface area contributed by atoms with E-state index in [1.165, 1.54) is 0 Å². The van der Waals surface area contributed by atoms with Crippen molar-refractivity contribution in [3.05, 3.63) is 23.4 Å². The first-order chi connectivity index (χ1) is 2.41. The van der Waals surface area contributed by atoms with Crippen molar-refractivity contribution in [3.63, 3.8) is 0 Å². The summed E-state index contributed by atoms with van der Waals surface area (Å²) < 4.78 is 0. The predicted octanol–water partition coefficient (Wildman–Crippen LogP) is 2.47. The molecule has 0 fully saturated rings. The molecule has 0 aliphatic rings. The molecule has 0 saturated carbocycles. The van der Waals surface area contributed by atoms with E-state index in [4.69, 9.17) is 5.73 Å². The molecule has 0 aromatic carbocycles. The van der Waals surface area contributed by atoms with Gasteiger partial charge in [-0.15, -0.1) is 0 Å². The van der Waals surface area contributed by atoms with Gasteiger partial charge in [-0.3, -0.25) is 0 Å². The van der Waals surface area contributed by atoms with Crippen molar-refractivity contribution < 1.29 is 17.1 Å². The maximum Gasteiger partial charge on any atom is 4.00 e. The van der Waals surface area contributed by atoms with Gasteiger partial charge in [0, 0.05) is 0 Å². The van der Waals surface area contributed by atoms with Crippen LogP contribution in [-0.2, 0) is 17.1 Å². The number of nitrogens with two attached hydrogens (primary N) is 2. The summed E-state index contributed by atoms with van der Waals surface area (Å²) in [6.45, 7) is 1.11. The van der Waals surface area contributed by atoms with Crippen LogP contribution in [-0.4, -0.2) is 20.1 Å². The zero-order valence-corrected chi connectivity index (χ0v) is 5.97. The van der Waals surface area contributed by atoms with Crippen LogP contribution < -0.4 is 0 Å². The molecule has 0 amide bonds. The maximum absolute atomic E-state index is 6.51. The minimum absolute atomic E-state index is 0. The van der Waals surface area contributed by atoms with Crippen LogP contribution in [0.3, 0.4) is 0 Å². The zero-order chi connectivity index (χ0) is 4.12. The van der Waals surface area contributed by atoms with Crippen LogP contribution in [0.4, 0.5) is 0 Å². The molecule has 5 heteroatoms. The summed E-state index contributed by atoms with van der Waals surface area (Å²) in [5.74, 6) is 0. The van der Waals surface area contributed by atoms with Gasteiger partial charge in [-0.25, -0.2) is 0 Å². The molecule has 0 atom stereocenters. The van der Waals surface area contributed by atoms with Crippen molar-refractivity contribution in [2.24, 2.45) is 0 Å². The molecule has 0 aromatic heterocycles. The largest absolute Gasteiger partial charge is 4.00 e. The molecule has 0 saturated heterocycles. The molecule has 0 aliphatic carbocycles. The van der Waals surface area contributed by atoms with Gasteiger partial charge in [0.25, 0.3) is 0 Å². The van der Waals surface area contributed by atoms with Gasteiger partial charge in [0.15, 0.2) is 0 Å². The third-order valence-corrected chi connectivity index (χ3v) is 0.335. The van der Waals surface area contributed by atoms with E-state index < -0.39 is 0 Å². The van der Waals surface area contributed by atoms with Gasteiger partial charge in [-0.05, 0) is 0 Å². The van der Waals surface area contributed by atoms with Gasteiger partial charge in [-0.1, -0.05) is 0 Å². The summed E-state index contributed by atoms with van der Waals surface area (Å²) >= 11 is 0. The smallest absolute Gasteiger partial charge is 0.693 e. The fourth-order valence-electron chi connectivity index (χ4n) is 0.112.